The number of hydrogen-bond donors (Lipinski definition) is 1. The highest BCUT2D eigenvalue weighted by molar-refractivity contribution is 9.10. The van der Waals surface area contributed by atoms with E-state index in [9.17, 15) is 4.79 Å². The molecule has 1 heterocycles. The van der Waals surface area contributed by atoms with E-state index < -0.39 is 0 Å². The fraction of sp³-hybridized carbons (Fsp3) is 0.333. The van der Waals surface area contributed by atoms with Gasteiger partial charge in [-0.05, 0) is 50.7 Å². The van der Waals surface area contributed by atoms with Gasteiger partial charge in [0, 0.05) is 18.9 Å². The van der Waals surface area contributed by atoms with Crippen molar-refractivity contribution in [2.24, 2.45) is 0 Å². The van der Waals surface area contributed by atoms with Crippen molar-refractivity contribution in [3.05, 3.63) is 58.3 Å². The van der Waals surface area contributed by atoms with E-state index in [0.29, 0.717) is 12.3 Å². The van der Waals surface area contributed by atoms with E-state index in [1.165, 1.54) is 5.56 Å². The summed E-state index contributed by atoms with van der Waals surface area (Å²) >= 11 is 3.50. The summed E-state index contributed by atoms with van der Waals surface area (Å²) in [7, 11) is 0. The highest BCUT2D eigenvalue weighted by Gasteiger charge is 2.15. The van der Waals surface area contributed by atoms with Crippen molar-refractivity contribution in [2.75, 3.05) is 6.61 Å². The molecule has 5 heteroatoms. The summed E-state index contributed by atoms with van der Waals surface area (Å²) in [5.41, 5.74) is 2.23. The van der Waals surface area contributed by atoms with Crippen molar-refractivity contribution in [3.8, 4) is 5.75 Å². The lowest BCUT2D eigenvalue weighted by Crippen LogP contribution is -2.28. The lowest BCUT2D eigenvalue weighted by atomic mass is 9.87. The van der Waals surface area contributed by atoms with Crippen molar-refractivity contribution in [2.45, 2.75) is 32.7 Å². The monoisotopic (exact) mass is 376 g/mol. The molecule has 2 aromatic rings. The van der Waals surface area contributed by atoms with Crippen molar-refractivity contribution in [1.82, 2.24) is 10.3 Å². The van der Waals surface area contributed by atoms with Gasteiger partial charge in [0.15, 0.2) is 6.61 Å². The van der Waals surface area contributed by atoms with Crippen LogP contribution in [-0.4, -0.2) is 17.5 Å². The Morgan fingerprint density at radius 3 is 2.70 bits per heavy atom. The minimum atomic E-state index is -0.166. The molecule has 0 aliphatic rings. The molecule has 0 atom stereocenters. The van der Waals surface area contributed by atoms with Crippen LogP contribution < -0.4 is 10.1 Å². The highest BCUT2D eigenvalue weighted by Crippen LogP contribution is 2.31. The first kappa shape index (κ1) is 17.5. The Bertz CT molecular complexity index is 666. The number of nitrogens with zero attached hydrogens (tertiary/aromatic N) is 1. The average Bonchev–Trinajstić information content (AvgIpc) is 2.51. The molecule has 1 aromatic heterocycles. The zero-order valence-electron chi connectivity index (χ0n) is 13.6. The number of amides is 1. The average molecular weight is 377 g/mol. The first-order valence-electron chi connectivity index (χ1n) is 7.45. The molecule has 0 aliphatic carbocycles. The van der Waals surface area contributed by atoms with Gasteiger partial charge in [0.25, 0.3) is 5.91 Å². The number of nitrogens with one attached hydrogen (secondary N) is 1. The number of hydrogen-bond acceptors (Lipinski definition) is 3. The number of carbonyl (C=O) groups is 1. The third-order valence-electron chi connectivity index (χ3n) is 3.37. The quantitative estimate of drug-likeness (QED) is 0.862. The molecule has 4 nitrogen and oxygen atoms in total. The van der Waals surface area contributed by atoms with Crippen LogP contribution in [0.1, 0.15) is 31.9 Å². The van der Waals surface area contributed by atoms with Gasteiger partial charge >= 0.3 is 0 Å². The van der Waals surface area contributed by atoms with Crippen molar-refractivity contribution in [1.29, 1.82) is 0 Å². The third kappa shape index (κ3) is 5.36. The first-order valence-corrected chi connectivity index (χ1v) is 8.24. The van der Waals surface area contributed by atoms with E-state index in [2.05, 4.69) is 47.0 Å². The molecule has 0 saturated heterocycles. The van der Waals surface area contributed by atoms with Gasteiger partial charge in [0.05, 0.1) is 4.47 Å². The Morgan fingerprint density at radius 1 is 1.30 bits per heavy atom. The van der Waals surface area contributed by atoms with Crippen LogP contribution in [0.2, 0.25) is 0 Å². The second-order valence-electron chi connectivity index (χ2n) is 6.32. The van der Waals surface area contributed by atoms with Crippen LogP contribution >= 0.6 is 15.9 Å². The van der Waals surface area contributed by atoms with Crippen LogP contribution in [0, 0.1) is 0 Å². The molecule has 1 N–H and O–H groups in total. The first-order chi connectivity index (χ1) is 10.9. The van der Waals surface area contributed by atoms with Gasteiger partial charge in [0.2, 0.25) is 0 Å². The van der Waals surface area contributed by atoms with Gasteiger partial charge < -0.3 is 10.1 Å². The molecule has 0 radical (unpaired) electrons. The smallest absolute Gasteiger partial charge is 0.258 e. The molecule has 1 amide bonds. The van der Waals surface area contributed by atoms with Crippen LogP contribution in [0.4, 0.5) is 0 Å². The van der Waals surface area contributed by atoms with E-state index in [1.54, 1.807) is 12.4 Å². The number of carbonyl (C=O) groups excluding carboxylic acids is 1. The Kier molecular flexibility index (Phi) is 5.77. The van der Waals surface area contributed by atoms with Crippen LogP contribution in [0.25, 0.3) is 0 Å². The summed E-state index contributed by atoms with van der Waals surface area (Å²) in [5, 5.41) is 2.81. The fourth-order valence-corrected chi connectivity index (χ4v) is 2.48. The standard InChI is InChI=1S/C18H21BrN2O2/c1-18(2,3)14-6-7-16(15(19)9-14)23-12-17(22)21-11-13-5-4-8-20-10-13/h4-10H,11-12H2,1-3H3,(H,21,22). The summed E-state index contributed by atoms with van der Waals surface area (Å²) in [5.74, 6) is 0.496. The number of halogens is 1. The highest BCUT2D eigenvalue weighted by atomic mass is 79.9. The van der Waals surface area contributed by atoms with Crippen molar-refractivity contribution < 1.29 is 9.53 Å². The molecule has 122 valence electrons. The minimum absolute atomic E-state index is 0.0201. The molecule has 2 rings (SSSR count). The lowest BCUT2D eigenvalue weighted by Gasteiger charge is -2.20. The molecule has 1 aromatic carbocycles. The summed E-state index contributed by atoms with van der Waals surface area (Å²) in [6.07, 6.45) is 3.43. The molecule has 0 unspecified atom stereocenters. The molecule has 0 saturated carbocycles. The van der Waals surface area contributed by atoms with Gasteiger partial charge in [-0.15, -0.1) is 0 Å². The summed E-state index contributed by atoms with van der Waals surface area (Å²) in [6.45, 7) is 6.89. The van der Waals surface area contributed by atoms with Gasteiger partial charge in [-0.25, -0.2) is 0 Å². The van der Waals surface area contributed by atoms with E-state index >= 15 is 0 Å². The second kappa shape index (κ2) is 7.59. The van der Waals surface area contributed by atoms with E-state index in [-0.39, 0.29) is 17.9 Å². The number of rotatable bonds is 5. The Hall–Kier alpha value is -1.88. The Labute approximate surface area is 145 Å². The molecule has 0 aliphatic heterocycles. The second-order valence-corrected chi connectivity index (χ2v) is 7.18. The number of pyridine rings is 1. The molecule has 0 spiro atoms. The van der Waals surface area contributed by atoms with Crippen LogP contribution in [0.5, 0.6) is 5.75 Å². The number of benzene rings is 1. The van der Waals surface area contributed by atoms with Gasteiger partial charge in [-0.1, -0.05) is 32.9 Å². The molecule has 0 bridgehead atoms. The predicted molar refractivity (Wildman–Crippen MR) is 94.4 cm³/mol. The normalized spacial score (nSPS) is 11.1. The SMILES string of the molecule is CC(C)(C)c1ccc(OCC(=O)NCc2cccnc2)c(Br)c1. The molecular weight excluding hydrogens is 356 g/mol. The molecule has 23 heavy (non-hydrogen) atoms. The minimum Gasteiger partial charge on any atom is -0.483 e. The van der Waals surface area contributed by atoms with Gasteiger partial charge in [0.1, 0.15) is 5.75 Å². The van der Waals surface area contributed by atoms with Crippen LogP contribution in [-0.2, 0) is 16.8 Å². The van der Waals surface area contributed by atoms with E-state index in [0.717, 1.165) is 10.0 Å². The summed E-state index contributed by atoms with van der Waals surface area (Å²) in [6, 6.07) is 9.69. The van der Waals surface area contributed by atoms with Gasteiger partial charge in [-0.3, -0.25) is 9.78 Å². The summed E-state index contributed by atoms with van der Waals surface area (Å²) < 4.78 is 6.43. The maximum Gasteiger partial charge on any atom is 0.258 e. The fourth-order valence-electron chi connectivity index (χ4n) is 1.98. The van der Waals surface area contributed by atoms with Crippen molar-refractivity contribution >= 4 is 21.8 Å². The zero-order chi connectivity index (χ0) is 16.9. The number of aromatic nitrogens is 1. The largest absolute Gasteiger partial charge is 0.483 e. The van der Waals surface area contributed by atoms with Crippen molar-refractivity contribution in [3.63, 3.8) is 0 Å². The van der Waals surface area contributed by atoms with E-state index in [4.69, 9.17) is 4.74 Å². The summed E-state index contributed by atoms with van der Waals surface area (Å²) in [4.78, 5) is 15.9. The van der Waals surface area contributed by atoms with Crippen LogP contribution in [0.3, 0.4) is 0 Å². The zero-order valence-corrected chi connectivity index (χ0v) is 15.2. The Morgan fingerprint density at radius 2 is 2.09 bits per heavy atom. The van der Waals surface area contributed by atoms with Gasteiger partial charge in [-0.2, -0.15) is 0 Å². The molecule has 0 fully saturated rings. The molecular formula is C18H21BrN2O2. The maximum atomic E-state index is 11.9. The van der Waals surface area contributed by atoms with E-state index in [1.807, 2.05) is 30.3 Å². The lowest BCUT2D eigenvalue weighted by molar-refractivity contribution is -0.123. The Balaban J connectivity index is 1.87. The third-order valence-corrected chi connectivity index (χ3v) is 3.99. The predicted octanol–water partition coefficient (Wildman–Crippen LogP) is 3.84. The maximum absolute atomic E-state index is 11.9. The van der Waals surface area contributed by atoms with Crippen LogP contribution in [0.15, 0.2) is 47.2 Å². The number of ether oxygens (including phenoxy) is 1. The topological polar surface area (TPSA) is 51.2 Å².